The number of likely N-dealkylation sites (tertiary alicyclic amines) is 1. The number of nitrogens with zero attached hydrogens (tertiary/aromatic N) is 1. The van der Waals surface area contributed by atoms with Gasteiger partial charge in [0.15, 0.2) is 11.5 Å². The third-order valence-electron chi connectivity index (χ3n) is 15.5. The van der Waals surface area contributed by atoms with Crippen molar-refractivity contribution in [2.24, 2.45) is 5.92 Å². The summed E-state index contributed by atoms with van der Waals surface area (Å²) < 4.78 is 41.0. The Labute approximate surface area is 393 Å². The second-order valence-corrected chi connectivity index (χ2v) is 19.7. The lowest BCUT2D eigenvalue weighted by Crippen LogP contribution is -2.78. The minimum Gasteiger partial charge on any atom is -0.504 e. The summed E-state index contributed by atoms with van der Waals surface area (Å²) in [5.74, 6) is 1.00. The molecular formula is C56H62N2O9. The summed E-state index contributed by atoms with van der Waals surface area (Å²) in [4.78, 5) is 17.4. The van der Waals surface area contributed by atoms with E-state index < -0.39 is 53.7 Å². The van der Waals surface area contributed by atoms with Crippen molar-refractivity contribution in [3.05, 3.63) is 167 Å². The molecule has 4 fully saturated rings. The number of piperidine rings is 1. The van der Waals surface area contributed by atoms with Crippen molar-refractivity contribution in [1.82, 2.24) is 10.2 Å². The van der Waals surface area contributed by atoms with E-state index in [0.29, 0.717) is 57.2 Å². The number of aliphatic hydroxyl groups is 1. The minimum absolute atomic E-state index is 0.0348. The van der Waals surface area contributed by atoms with Crippen molar-refractivity contribution in [3.63, 3.8) is 0 Å². The third-order valence-corrected chi connectivity index (χ3v) is 15.5. The number of aromatic hydroxyl groups is 1. The molecule has 1 spiro atoms. The van der Waals surface area contributed by atoms with Crippen molar-refractivity contribution < 1.29 is 43.4 Å². The number of carbonyl (C=O) groups is 1. The van der Waals surface area contributed by atoms with Gasteiger partial charge in [0, 0.05) is 18.2 Å². The number of phenols is 1. The molecule has 6 aliphatic rings. The average molecular weight is 907 g/mol. The van der Waals surface area contributed by atoms with Crippen LogP contribution in [0.25, 0.3) is 0 Å². The molecule has 350 valence electrons. The van der Waals surface area contributed by atoms with Gasteiger partial charge in [-0.2, -0.15) is 0 Å². The number of nitrogens with one attached hydrogen (secondary N) is 1. The van der Waals surface area contributed by atoms with Gasteiger partial charge in [-0.15, -0.1) is 0 Å². The Morgan fingerprint density at radius 2 is 1.25 bits per heavy atom. The molecule has 11 rings (SSSR count). The Kier molecular flexibility index (Phi) is 12.7. The van der Waals surface area contributed by atoms with E-state index in [1.165, 1.54) is 12.8 Å². The number of carbonyl (C=O) groups excluding carboxylic acids is 1. The number of amides is 1. The Morgan fingerprint density at radius 3 is 1.85 bits per heavy atom. The molecule has 3 N–H and O–H groups in total. The first-order chi connectivity index (χ1) is 32.9. The summed E-state index contributed by atoms with van der Waals surface area (Å²) in [7, 11) is 0. The van der Waals surface area contributed by atoms with Crippen LogP contribution in [0.4, 0.5) is 0 Å². The van der Waals surface area contributed by atoms with E-state index in [1.807, 2.05) is 127 Å². The van der Waals surface area contributed by atoms with Crippen LogP contribution in [-0.4, -0.2) is 95.0 Å². The van der Waals surface area contributed by atoms with Crippen molar-refractivity contribution in [1.29, 1.82) is 0 Å². The number of rotatable bonds is 18. The second-order valence-electron chi connectivity index (χ2n) is 19.7. The van der Waals surface area contributed by atoms with Crippen LogP contribution in [0.1, 0.15) is 71.9 Å². The fraction of sp³-hybridized carbons (Fsp3) is 0.446. The van der Waals surface area contributed by atoms with E-state index in [1.54, 1.807) is 6.07 Å². The van der Waals surface area contributed by atoms with Gasteiger partial charge in [0.05, 0.1) is 62.6 Å². The summed E-state index contributed by atoms with van der Waals surface area (Å²) in [6.45, 7) is 3.25. The Morgan fingerprint density at radius 1 is 0.687 bits per heavy atom. The van der Waals surface area contributed by atoms with Crippen LogP contribution >= 0.6 is 0 Å². The molecule has 0 aromatic heterocycles. The number of phenolic OH excluding ortho intramolecular Hbond substituents is 1. The first kappa shape index (κ1) is 44.4. The standard InChI is InChI=1S/C56H62N2O9/c59-44-24-23-42-29-47-56(61)26-25-43(54-55(56,49(42)50(44)67-54)27-28-58(47)31-37-21-22-37)57-48(60)30-45-51(63-33-39-15-7-2-8-16-39)53(65-35-41-19-11-4-12-20-41)52(64-34-40-17-9-3-10-18-40)46(66-45)36-62-32-38-13-5-1-6-14-38/h1-20,23-24,37,43,45-47,51-54,59,61H,21-22,25-36H2,(H,57,60)/t43?,45?,46-,47?,51-,52-,53-,54?,55?,56?/m1/s1. The molecular weight excluding hydrogens is 845 g/mol. The van der Waals surface area contributed by atoms with Crippen LogP contribution in [0.15, 0.2) is 133 Å². The Bertz CT molecular complexity index is 2460. The summed E-state index contributed by atoms with van der Waals surface area (Å²) in [6.07, 6.45) is 0.925. The number of ether oxygens (including phenoxy) is 6. The second kappa shape index (κ2) is 19.1. The summed E-state index contributed by atoms with van der Waals surface area (Å²) >= 11 is 0. The molecule has 2 bridgehead atoms. The molecule has 1 amide bonds. The normalized spacial score (nSPS) is 30.6. The molecule has 10 atom stereocenters. The van der Waals surface area contributed by atoms with Gasteiger partial charge in [-0.3, -0.25) is 9.69 Å². The zero-order valence-electron chi connectivity index (χ0n) is 38.0. The van der Waals surface area contributed by atoms with Gasteiger partial charge in [-0.05, 0) is 84.9 Å². The fourth-order valence-electron chi connectivity index (χ4n) is 12.1. The van der Waals surface area contributed by atoms with Crippen LogP contribution in [0.5, 0.6) is 11.5 Å². The quantitative estimate of drug-likeness (QED) is 0.0811. The maximum absolute atomic E-state index is 14.9. The average Bonchev–Trinajstić information content (AvgIpc) is 4.10. The van der Waals surface area contributed by atoms with Gasteiger partial charge >= 0.3 is 0 Å². The van der Waals surface area contributed by atoms with Gasteiger partial charge in [-0.25, -0.2) is 0 Å². The third kappa shape index (κ3) is 8.80. The van der Waals surface area contributed by atoms with E-state index in [4.69, 9.17) is 28.4 Å². The van der Waals surface area contributed by atoms with Gasteiger partial charge in [0.25, 0.3) is 0 Å². The van der Waals surface area contributed by atoms with Crippen molar-refractivity contribution in [2.45, 2.75) is 131 Å². The van der Waals surface area contributed by atoms with E-state index in [0.717, 1.165) is 46.5 Å². The number of hydrogen-bond donors (Lipinski definition) is 3. The molecule has 6 unspecified atom stereocenters. The molecule has 11 heteroatoms. The SMILES string of the molecule is O=C(CC1O[C@H](COCc2ccccc2)[C@@H](OCc2ccccc2)[C@H](OCc2ccccc2)[C@@H]1OCc1ccccc1)NC1CCC2(O)C3Cc4ccc(O)c5c4C2(CCN3CC2CC2)C1O5. The molecule has 3 heterocycles. The maximum Gasteiger partial charge on any atom is 0.223 e. The number of hydrogen-bond acceptors (Lipinski definition) is 10. The molecule has 5 aromatic rings. The molecule has 3 aliphatic heterocycles. The van der Waals surface area contributed by atoms with Crippen molar-refractivity contribution in [2.75, 3.05) is 19.7 Å². The van der Waals surface area contributed by atoms with E-state index in [2.05, 4.69) is 10.2 Å². The largest absolute Gasteiger partial charge is 0.504 e. The highest BCUT2D eigenvalue weighted by Gasteiger charge is 2.73. The molecule has 2 saturated heterocycles. The Balaban J connectivity index is 0.895. The summed E-state index contributed by atoms with van der Waals surface area (Å²) in [6, 6.07) is 43.4. The summed E-state index contributed by atoms with van der Waals surface area (Å²) in [5, 5.41) is 27.8. The zero-order valence-corrected chi connectivity index (χ0v) is 38.0. The number of benzene rings is 5. The van der Waals surface area contributed by atoms with Gasteiger partial charge in [-0.1, -0.05) is 127 Å². The first-order valence-corrected chi connectivity index (χ1v) is 24.4. The van der Waals surface area contributed by atoms with Crippen LogP contribution in [0.2, 0.25) is 0 Å². The predicted octanol–water partition coefficient (Wildman–Crippen LogP) is 7.57. The van der Waals surface area contributed by atoms with Gasteiger partial charge in [0.2, 0.25) is 5.91 Å². The highest BCUT2D eigenvalue weighted by Crippen LogP contribution is 2.65. The van der Waals surface area contributed by atoms with E-state index in [9.17, 15) is 15.0 Å². The fourth-order valence-corrected chi connectivity index (χ4v) is 12.1. The maximum atomic E-state index is 14.9. The predicted molar refractivity (Wildman–Crippen MR) is 251 cm³/mol. The molecule has 2 saturated carbocycles. The Hall–Kier alpha value is -5.11. The molecule has 5 aromatic carbocycles. The van der Waals surface area contributed by atoms with Crippen molar-refractivity contribution in [3.8, 4) is 11.5 Å². The lowest BCUT2D eigenvalue weighted by atomic mass is 9.48. The summed E-state index contributed by atoms with van der Waals surface area (Å²) in [5.41, 5.74) is 4.24. The van der Waals surface area contributed by atoms with Crippen LogP contribution in [0, 0.1) is 5.92 Å². The molecule has 11 nitrogen and oxygen atoms in total. The van der Waals surface area contributed by atoms with Crippen molar-refractivity contribution >= 4 is 5.91 Å². The van der Waals surface area contributed by atoms with E-state index >= 15 is 0 Å². The van der Waals surface area contributed by atoms with E-state index in [-0.39, 0.29) is 37.3 Å². The monoisotopic (exact) mass is 906 g/mol. The topological polar surface area (TPSA) is 128 Å². The van der Waals surface area contributed by atoms with Gasteiger partial charge < -0.3 is 44.0 Å². The lowest BCUT2D eigenvalue weighted by molar-refractivity contribution is -0.272. The van der Waals surface area contributed by atoms with Crippen LogP contribution < -0.4 is 10.1 Å². The lowest BCUT2D eigenvalue weighted by Gasteiger charge is -2.64. The van der Waals surface area contributed by atoms with Crippen LogP contribution in [-0.2, 0) is 66.7 Å². The first-order valence-electron chi connectivity index (χ1n) is 24.4. The molecule has 0 radical (unpaired) electrons. The molecule has 3 aliphatic carbocycles. The van der Waals surface area contributed by atoms with Crippen LogP contribution in [0.3, 0.4) is 0 Å². The minimum atomic E-state index is -1.06. The highest BCUT2D eigenvalue weighted by molar-refractivity contribution is 5.77. The molecule has 67 heavy (non-hydrogen) atoms. The smallest absolute Gasteiger partial charge is 0.223 e. The highest BCUT2D eigenvalue weighted by atomic mass is 16.6. The van der Waals surface area contributed by atoms with Gasteiger partial charge in [0.1, 0.15) is 30.5 Å². The zero-order chi connectivity index (χ0) is 45.4.